The standard InChI is InChI=1S/C17H18N8O5/c1-2-5-11-14(20-24-25(11)16-15(18)22-30-23-16)17(28)21-19-8-10-6-3-4-7-12(10)29-9-13(26)27/h3-4,6-8H,2,5,9H2,1H3,(H4,18,21,22,26,27,28)/b19-8+. The molecular weight excluding hydrogens is 396 g/mol. The van der Waals surface area contributed by atoms with Crippen LogP contribution >= 0.6 is 0 Å². The Kier molecular flexibility index (Phi) is 6.32. The molecule has 0 fully saturated rings. The molecule has 2 heterocycles. The van der Waals surface area contributed by atoms with Crippen molar-refractivity contribution < 1.29 is 28.7 Å². The molecule has 13 heteroatoms. The zero-order valence-corrected chi connectivity index (χ0v) is 15.9. The molecule has 4 N–H and O–H groups in total. The van der Waals surface area contributed by atoms with Gasteiger partial charge >= 0.3 is 11.7 Å². The molecule has 0 bridgehead atoms. The summed E-state index contributed by atoms with van der Waals surface area (Å²) in [6.45, 7) is 1.33. The van der Waals surface area contributed by atoms with Gasteiger partial charge in [-0.2, -0.15) is 9.73 Å². The zero-order valence-electron chi connectivity index (χ0n) is 15.9. The highest BCUT2D eigenvalue weighted by Crippen LogP contribution is 2.15. The molecule has 0 unspecified atom stereocenters. The molecule has 0 saturated heterocycles. The van der Waals surface area contributed by atoms with Gasteiger partial charge in [-0.25, -0.2) is 5.43 Å². The van der Waals surface area contributed by atoms with Gasteiger partial charge in [0.1, 0.15) is 17.5 Å². The number of nitrogens with two attached hydrogens (primary N) is 1. The first-order valence-corrected chi connectivity index (χ1v) is 8.84. The number of carbonyl (C=O) groups is 2. The molecule has 156 valence electrons. The summed E-state index contributed by atoms with van der Waals surface area (Å²) in [4.78, 5) is 23.1. The Bertz CT molecular complexity index is 1070. The molecule has 0 aliphatic rings. The average molecular weight is 414 g/mol. The monoisotopic (exact) mass is 414 g/mol. The fourth-order valence-electron chi connectivity index (χ4n) is 2.57. The summed E-state index contributed by atoms with van der Waals surface area (Å²) in [5.74, 6) is -1.43. The van der Waals surface area contributed by atoms with E-state index < -0.39 is 18.5 Å². The average Bonchev–Trinajstić information content (AvgIpc) is 3.33. The second-order valence-corrected chi connectivity index (χ2v) is 5.96. The fraction of sp³-hybridized carbons (Fsp3) is 0.235. The van der Waals surface area contributed by atoms with Crippen molar-refractivity contribution in [2.45, 2.75) is 19.8 Å². The molecule has 0 aliphatic heterocycles. The number of nitrogens with one attached hydrogen (secondary N) is 2. The normalized spacial score (nSPS) is 11.0. The number of H-pyrrole nitrogens is 1. The number of hydrogen-bond donors (Lipinski definition) is 3. The summed E-state index contributed by atoms with van der Waals surface area (Å²) < 4.78 is 11.1. The number of para-hydroxylation sites is 1. The van der Waals surface area contributed by atoms with Gasteiger partial charge in [-0.3, -0.25) is 4.79 Å². The van der Waals surface area contributed by atoms with Gasteiger partial charge in [0, 0.05) is 12.0 Å². The van der Waals surface area contributed by atoms with Crippen LogP contribution in [0.5, 0.6) is 5.75 Å². The quantitative estimate of drug-likeness (QED) is 0.212. The van der Waals surface area contributed by atoms with Crippen LogP contribution in [0.15, 0.2) is 34.0 Å². The van der Waals surface area contributed by atoms with Crippen molar-refractivity contribution in [3.05, 3.63) is 41.2 Å². The minimum Gasteiger partial charge on any atom is -0.546 e. The fourth-order valence-corrected chi connectivity index (χ4v) is 2.57. The van der Waals surface area contributed by atoms with Crippen LogP contribution in [0.1, 0.15) is 35.1 Å². The second-order valence-electron chi connectivity index (χ2n) is 5.96. The van der Waals surface area contributed by atoms with E-state index in [-0.39, 0.29) is 23.1 Å². The highest BCUT2D eigenvalue weighted by molar-refractivity contribution is 5.94. The molecule has 13 nitrogen and oxygen atoms in total. The van der Waals surface area contributed by atoms with Crippen LogP contribution in [-0.4, -0.2) is 45.3 Å². The van der Waals surface area contributed by atoms with Crippen LogP contribution in [0.25, 0.3) is 5.82 Å². The second kappa shape index (κ2) is 9.27. The number of carboxylic acids is 1. The summed E-state index contributed by atoms with van der Waals surface area (Å²) in [7, 11) is 0. The molecular formula is C17H18N8O5. The predicted octanol–water partition coefficient (Wildman–Crippen LogP) is -1.50. The van der Waals surface area contributed by atoms with Gasteiger partial charge in [0.15, 0.2) is 5.69 Å². The van der Waals surface area contributed by atoms with E-state index >= 15 is 0 Å². The zero-order chi connectivity index (χ0) is 21.5. The van der Waals surface area contributed by atoms with E-state index in [2.05, 4.69) is 35.8 Å². The first-order chi connectivity index (χ1) is 14.5. The third kappa shape index (κ3) is 4.57. The van der Waals surface area contributed by atoms with Crippen molar-refractivity contribution in [2.24, 2.45) is 5.10 Å². The van der Waals surface area contributed by atoms with Crippen LogP contribution in [0.2, 0.25) is 0 Å². The smallest absolute Gasteiger partial charge is 0.376 e. The van der Waals surface area contributed by atoms with Gasteiger partial charge in [0.05, 0.1) is 12.2 Å². The van der Waals surface area contributed by atoms with Gasteiger partial charge in [0.25, 0.3) is 11.5 Å². The highest BCUT2D eigenvalue weighted by Gasteiger charge is 2.29. The maximum Gasteiger partial charge on any atom is 0.376 e. The maximum atomic E-state index is 12.6. The largest absolute Gasteiger partial charge is 0.546 e. The highest BCUT2D eigenvalue weighted by atomic mass is 16.6. The Morgan fingerprint density at radius 2 is 2.20 bits per heavy atom. The van der Waals surface area contributed by atoms with Crippen LogP contribution in [-0.2, 0) is 11.2 Å². The van der Waals surface area contributed by atoms with Crippen molar-refractivity contribution in [2.75, 3.05) is 12.3 Å². The van der Waals surface area contributed by atoms with Crippen molar-refractivity contribution in [1.82, 2.24) is 26.1 Å². The maximum absolute atomic E-state index is 12.6. The third-order valence-electron chi connectivity index (χ3n) is 3.85. The first-order valence-electron chi connectivity index (χ1n) is 8.84. The van der Waals surface area contributed by atoms with Crippen LogP contribution in [0.3, 0.4) is 0 Å². The van der Waals surface area contributed by atoms with Crippen molar-refractivity contribution >= 4 is 23.9 Å². The lowest BCUT2D eigenvalue weighted by Gasteiger charge is -2.08. The van der Waals surface area contributed by atoms with Gasteiger partial charge in [-0.1, -0.05) is 19.1 Å². The first kappa shape index (κ1) is 20.4. The van der Waals surface area contributed by atoms with Gasteiger partial charge in [-0.15, -0.1) is 9.90 Å². The number of hydrazone groups is 1. The van der Waals surface area contributed by atoms with E-state index in [1.165, 1.54) is 10.9 Å². The lowest BCUT2D eigenvalue weighted by molar-refractivity contribution is -0.670. The molecule has 2 aromatic heterocycles. The number of nitrogen functional groups attached to an aromatic ring is 1. The number of rotatable bonds is 9. The number of carbonyl (C=O) groups excluding carboxylic acids is 2. The van der Waals surface area contributed by atoms with Gasteiger partial charge in [0.2, 0.25) is 0 Å². The van der Waals surface area contributed by atoms with E-state index in [9.17, 15) is 14.7 Å². The Labute approximate surface area is 169 Å². The van der Waals surface area contributed by atoms with E-state index in [0.717, 1.165) is 6.42 Å². The molecule has 1 amide bonds. The number of hydrogen-bond acceptors (Lipinski definition) is 10. The molecule has 3 rings (SSSR count). The summed E-state index contributed by atoms with van der Waals surface area (Å²) in [5.41, 5.74) is 9.16. The molecule has 0 aliphatic carbocycles. The van der Waals surface area contributed by atoms with E-state index in [0.29, 0.717) is 17.7 Å². The number of benzene rings is 1. The summed E-state index contributed by atoms with van der Waals surface area (Å²) >= 11 is 0. The third-order valence-corrected chi connectivity index (χ3v) is 3.85. The molecule has 30 heavy (non-hydrogen) atoms. The van der Waals surface area contributed by atoms with Crippen LogP contribution in [0.4, 0.5) is 5.82 Å². The molecule has 1 aromatic carbocycles. The van der Waals surface area contributed by atoms with Gasteiger partial charge < -0.3 is 20.4 Å². The molecule has 0 spiro atoms. The summed E-state index contributed by atoms with van der Waals surface area (Å²) in [6, 6.07) is 6.59. The van der Waals surface area contributed by atoms with Crippen LogP contribution < -0.4 is 25.7 Å². The topological polar surface area (TPSA) is 188 Å². The van der Waals surface area contributed by atoms with Crippen molar-refractivity contribution in [3.8, 4) is 11.6 Å². The Balaban J connectivity index is 1.77. The van der Waals surface area contributed by atoms with Crippen molar-refractivity contribution in [3.63, 3.8) is 0 Å². The predicted molar refractivity (Wildman–Crippen MR) is 98.4 cm³/mol. The van der Waals surface area contributed by atoms with E-state index in [4.69, 9.17) is 10.5 Å². The minimum absolute atomic E-state index is 0.0409. The molecule has 0 radical (unpaired) electrons. The Hall–Kier alpha value is -4.29. The lowest BCUT2D eigenvalue weighted by Crippen LogP contribution is -2.39. The number of aromatic amines is 1. The number of ether oxygens (including phenoxy) is 1. The number of aliphatic carboxylic acids is 1. The number of anilines is 1. The number of aromatic nitrogens is 5. The SMILES string of the molecule is CCCc1c(C(=O)N/N=C/c2ccccc2OCC(=O)[O-])n[nH][n+]1-c1nonc1N. The minimum atomic E-state index is -1.35. The number of nitrogens with zero attached hydrogens (tertiary/aromatic N) is 5. The van der Waals surface area contributed by atoms with Crippen molar-refractivity contribution in [1.29, 1.82) is 0 Å². The Morgan fingerprint density at radius 3 is 2.90 bits per heavy atom. The van der Waals surface area contributed by atoms with E-state index in [1.54, 1.807) is 24.3 Å². The number of amides is 1. The summed E-state index contributed by atoms with van der Waals surface area (Å²) in [6.07, 6.45) is 2.54. The summed E-state index contributed by atoms with van der Waals surface area (Å²) in [5, 5.41) is 28.4. The molecule has 3 aromatic rings. The van der Waals surface area contributed by atoms with Gasteiger partial charge in [-0.05, 0) is 28.8 Å². The van der Waals surface area contributed by atoms with E-state index in [1.807, 2.05) is 6.92 Å². The molecule has 0 atom stereocenters. The van der Waals surface area contributed by atoms with Crippen LogP contribution in [0, 0.1) is 0 Å². The molecule has 0 saturated carbocycles. The Morgan fingerprint density at radius 1 is 1.40 bits per heavy atom. The number of carboxylic acid groups (broad SMARTS) is 1. The lowest BCUT2D eigenvalue weighted by atomic mass is 10.2.